The van der Waals surface area contributed by atoms with Crippen LogP contribution in [0.2, 0.25) is 0 Å². The van der Waals surface area contributed by atoms with Gasteiger partial charge in [-0.2, -0.15) is 0 Å². The van der Waals surface area contributed by atoms with Crippen molar-refractivity contribution in [2.24, 2.45) is 0 Å². The fraction of sp³-hybridized carbons (Fsp3) is 0.346. The first-order valence-corrected chi connectivity index (χ1v) is 12.3. The van der Waals surface area contributed by atoms with Gasteiger partial charge in [0.2, 0.25) is 0 Å². The predicted molar refractivity (Wildman–Crippen MR) is 138 cm³/mol. The number of urea groups is 1. The lowest BCUT2D eigenvalue weighted by atomic mass is 10.1. The second-order valence-electron chi connectivity index (χ2n) is 8.86. The summed E-state index contributed by atoms with van der Waals surface area (Å²) in [7, 11) is 0. The molecule has 2 aliphatic heterocycles. The first-order valence-electron chi connectivity index (χ1n) is 12.3. The van der Waals surface area contributed by atoms with Crippen molar-refractivity contribution in [3.8, 4) is 11.4 Å². The van der Waals surface area contributed by atoms with Gasteiger partial charge in [0.15, 0.2) is 5.82 Å². The molecule has 1 atom stereocenters. The van der Waals surface area contributed by atoms with E-state index in [1.807, 2.05) is 12.1 Å². The van der Waals surface area contributed by atoms with E-state index in [9.17, 15) is 9.59 Å². The number of nitrogens with zero attached hydrogens (tertiary/aromatic N) is 5. The molecule has 3 amide bonds. The van der Waals surface area contributed by atoms with E-state index in [0.717, 1.165) is 22.6 Å². The minimum absolute atomic E-state index is 0.141. The zero-order valence-electron chi connectivity index (χ0n) is 20.8. The Morgan fingerprint density at radius 2 is 1.78 bits per heavy atom. The van der Waals surface area contributed by atoms with Crippen molar-refractivity contribution < 1.29 is 19.1 Å². The summed E-state index contributed by atoms with van der Waals surface area (Å²) in [4.78, 5) is 42.3. The summed E-state index contributed by atoms with van der Waals surface area (Å²) in [6, 6.07) is 10.6. The van der Waals surface area contributed by atoms with Gasteiger partial charge in [-0.15, -0.1) is 0 Å². The van der Waals surface area contributed by atoms with Gasteiger partial charge in [-0.1, -0.05) is 0 Å². The van der Waals surface area contributed by atoms with Crippen LogP contribution in [-0.2, 0) is 22.6 Å². The highest BCUT2D eigenvalue weighted by atomic mass is 16.6. The molecule has 1 saturated heterocycles. The smallest absolute Gasteiger partial charge is 0.410 e. The van der Waals surface area contributed by atoms with E-state index in [2.05, 4.69) is 27.4 Å². The van der Waals surface area contributed by atoms with Gasteiger partial charge >= 0.3 is 12.1 Å². The second-order valence-corrected chi connectivity index (χ2v) is 8.86. The maximum absolute atomic E-state index is 12.4. The Labute approximate surface area is 214 Å². The van der Waals surface area contributed by atoms with Crippen LogP contribution in [0.25, 0.3) is 11.4 Å². The molecule has 1 unspecified atom stereocenters. The number of hydrogen-bond acceptors (Lipinski definition) is 8. The molecule has 0 aliphatic carbocycles. The number of morpholine rings is 1. The Morgan fingerprint density at radius 3 is 2.49 bits per heavy atom. The van der Waals surface area contributed by atoms with Crippen molar-refractivity contribution in [2.45, 2.75) is 33.0 Å². The monoisotopic (exact) mass is 503 g/mol. The third kappa shape index (κ3) is 5.46. The molecule has 4 heterocycles. The number of carbonyl (C=O) groups is 2. The molecule has 2 aromatic heterocycles. The normalized spacial score (nSPS) is 16.8. The zero-order valence-corrected chi connectivity index (χ0v) is 20.8. The Balaban J connectivity index is 1.39. The highest BCUT2D eigenvalue weighted by Crippen LogP contribution is 2.34. The minimum atomic E-state index is -0.358. The van der Waals surface area contributed by atoms with Crippen molar-refractivity contribution in [1.82, 2.24) is 19.9 Å². The van der Waals surface area contributed by atoms with Gasteiger partial charge in [-0.25, -0.2) is 19.6 Å². The molecule has 0 bridgehead atoms. The SMILES string of the molecule is CCOC(=O)N1Cc2nc(-c3ccc(NC(=O)Nc4ccncc4)cc3)nc(N3CCOCC3C)c2C1. The van der Waals surface area contributed by atoms with Crippen LogP contribution in [-0.4, -0.2) is 64.4 Å². The molecule has 192 valence electrons. The number of nitrogens with one attached hydrogen (secondary N) is 2. The Kier molecular flexibility index (Phi) is 7.13. The lowest BCUT2D eigenvalue weighted by molar-refractivity contribution is 0.0980. The lowest BCUT2D eigenvalue weighted by Gasteiger charge is -2.35. The molecule has 3 aromatic rings. The van der Waals surface area contributed by atoms with Crippen molar-refractivity contribution in [2.75, 3.05) is 41.9 Å². The summed E-state index contributed by atoms with van der Waals surface area (Å²) < 4.78 is 10.9. The molecule has 2 aliphatic rings. The molecule has 0 radical (unpaired) electrons. The number of fused-ring (bicyclic) bond motifs is 1. The van der Waals surface area contributed by atoms with Gasteiger partial charge in [0.1, 0.15) is 5.82 Å². The summed E-state index contributed by atoms with van der Waals surface area (Å²) in [5.41, 5.74) is 3.84. The fourth-order valence-corrected chi connectivity index (χ4v) is 4.42. The number of carbonyl (C=O) groups excluding carboxylic acids is 2. The van der Waals surface area contributed by atoms with E-state index in [1.165, 1.54) is 0 Å². The van der Waals surface area contributed by atoms with Gasteiger partial charge in [-0.05, 0) is 50.2 Å². The maximum atomic E-state index is 12.4. The molecule has 37 heavy (non-hydrogen) atoms. The molecule has 1 fully saturated rings. The maximum Gasteiger partial charge on any atom is 0.410 e. The van der Waals surface area contributed by atoms with Crippen LogP contribution in [0.5, 0.6) is 0 Å². The van der Waals surface area contributed by atoms with Crippen LogP contribution in [0.15, 0.2) is 48.8 Å². The van der Waals surface area contributed by atoms with E-state index in [4.69, 9.17) is 19.4 Å². The van der Waals surface area contributed by atoms with Gasteiger partial charge in [0.25, 0.3) is 0 Å². The molecular weight excluding hydrogens is 474 g/mol. The summed E-state index contributed by atoms with van der Waals surface area (Å²) in [6.07, 6.45) is 2.86. The number of ether oxygens (including phenoxy) is 2. The Bertz CT molecular complexity index is 1270. The third-order valence-electron chi connectivity index (χ3n) is 6.27. The summed E-state index contributed by atoms with van der Waals surface area (Å²) in [6.45, 7) is 6.91. The van der Waals surface area contributed by atoms with Gasteiger partial charge in [0.05, 0.1) is 44.6 Å². The number of anilines is 3. The number of pyridine rings is 1. The Morgan fingerprint density at radius 1 is 1.05 bits per heavy atom. The summed E-state index contributed by atoms with van der Waals surface area (Å²) in [5, 5.41) is 5.58. The number of benzene rings is 1. The highest BCUT2D eigenvalue weighted by molar-refractivity contribution is 5.99. The predicted octanol–water partition coefficient (Wildman–Crippen LogP) is 3.88. The van der Waals surface area contributed by atoms with Gasteiger partial charge < -0.3 is 25.0 Å². The molecular formula is C26H29N7O4. The van der Waals surface area contributed by atoms with Crippen LogP contribution < -0.4 is 15.5 Å². The van der Waals surface area contributed by atoms with E-state index in [-0.39, 0.29) is 18.2 Å². The molecule has 11 nitrogen and oxygen atoms in total. The molecule has 5 rings (SSSR count). The van der Waals surface area contributed by atoms with Crippen molar-refractivity contribution in [3.63, 3.8) is 0 Å². The number of rotatable bonds is 5. The van der Waals surface area contributed by atoms with E-state index >= 15 is 0 Å². The van der Waals surface area contributed by atoms with Crippen LogP contribution in [0.3, 0.4) is 0 Å². The summed E-state index contributed by atoms with van der Waals surface area (Å²) >= 11 is 0. The van der Waals surface area contributed by atoms with Crippen molar-refractivity contribution >= 4 is 29.3 Å². The molecule has 0 saturated carbocycles. The zero-order chi connectivity index (χ0) is 25.8. The lowest BCUT2D eigenvalue weighted by Crippen LogP contribution is -2.44. The molecule has 1 aromatic carbocycles. The quantitative estimate of drug-likeness (QED) is 0.538. The molecule has 0 spiro atoms. The second kappa shape index (κ2) is 10.8. The van der Waals surface area contributed by atoms with E-state index < -0.39 is 0 Å². The molecule has 2 N–H and O–H groups in total. The number of aromatic nitrogens is 3. The van der Waals surface area contributed by atoms with Crippen LogP contribution in [0.1, 0.15) is 25.1 Å². The fourth-order valence-electron chi connectivity index (χ4n) is 4.42. The van der Waals surface area contributed by atoms with Crippen LogP contribution in [0, 0.1) is 0 Å². The topological polar surface area (TPSA) is 122 Å². The highest BCUT2D eigenvalue weighted by Gasteiger charge is 2.33. The standard InChI is InChI=1S/C26H29N7O4/c1-3-37-26(35)32-14-21-22(15-32)30-23(31-24(21)33-12-13-36-16-17(33)2)18-4-6-19(7-5-18)28-25(34)29-20-8-10-27-11-9-20/h4-11,17H,3,12-16H2,1-2H3,(H2,27,28,29,34). The summed E-state index contributed by atoms with van der Waals surface area (Å²) in [5.74, 6) is 1.38. The number of hydrogen-bond donors (Lipinski definition) is 2. The van der Waals surface area contributed by atoms with E-state index in [1.54, 1.807) is 48.5 Å². The van der Waals surface area contributed by atoms with Crippen molar-refractivity contribution in [1.29, 1.82) is 0 Å². The first kappa shape index (κ1) is 24.4. The van der Waals surface area contributed by atoms with Crippen LogP contribution in [0.4, 0.5) is 26.8 Å². The minimum Gasteiger partial charge on any atom is -0.450 e. The molecule has 11 heteroatoms. The van der Waals surface area contributed by atoms with Gasteiger partial charge in [-0.3, -0.25) is 9.88 Å². The van der Waals surface area contributed by atoms with Crippen molar-refractivity contribution in [3.05, 3.63) is 60.0 Å². The number of amides is 3. The third-order valence-corrected chi connectivity index (χ3v) is 6.27. The van der Waals surface area contributed by atoms with Gasteiger partial charge in [0, 0.05) is 41.4 Å². The average molecular weight is 504 g/mol. The van der Waals surface area contributed by atoms with E-state index in [0.29, 0.717) is 56.7 Å². The largest absolute Gasteiger partial charge is 0.450 e. The van der Waals surface area contributed by atoms with Crippen LogP contribution >= 0.6 is 0 Å². The average Bonchev–Trinajstić information content (AvgIpc) is 3.34. The Hall–Kier alpha value is -4.25. The first-order chi connectivity index (χ1) is 18.0.